The zero-order valence-electron chi connectivity index (χ0n) is 9.97. The standard InChI is InChI=1S/C13H18ClNO2/c1-15-8-2-3-11(15)10(7-16)9(6-8)12-4-5-13(14)17-12/h4-5,8-11,16H,2-3,6-7H2,1H3. The SMILES string of the molecule is CN1C2CCC1C(CO)C(c1ccc(Cl)o1)C2. The molecule has 0 spiro atoms. The molecule has 1 N–H and O–H groups in total. The number of aliphatic hydroxyl groups excluding tert-OH is 1. The Kier molecular flexibility index (Phi) is 2.93. The summed E-state index contributed by atoms with van der Waals surface area (Å²) in [5.74, 6) is 1.54. The zero-order chi connectivity index (χ0) is 12.0. The van der Waals surface area contributed by atoms with E-state index < -0.39 is 0 Å². The van der Waals surface area contributed by atoms with Crippen LogP contribution in [0.25, 0.3) is 0 Å². The van der Waals surface area contributed by atoms with Crippen molar-refractivity contribution in [3.05, 3.63) is 23.1 Å². The summed E-state index contributed by atoms with van der Waals surface area (Å²) in [6.45, 7) is 0.227. The molecule has 0 saturated carbocycles. The number of aliphatic hydroxyl groups is 1. The molecule has 0 radical (unpaired) electrons. The molecule has 3 rings (SSSR count). The quantitative estimate of drug-likeness (QED) is 0.882. The maximum absolute atomic E-state index is 9.67. The van der Waals surface area contributed by atoms with E-state index in [-0.39, 0.29) is 12.5 Å². The molecule has 1 aromatic heterocycles. The third-order valence-electron chi connectivity index (χ3n) is 4.60. The summed E-state index contributed by atoms with van der Waals surface area (Å²) in [7, 11) is 2.18. The van der Waals surface area contributed by atoms with Crippen molar-refractivity contribution < 1.29 is 9.52 Å². The molecule has 4 atom stereocenters. The molecule has 1 aromatic rings. The van der Waals surface area contributed by atoms with Crippen LogP contribution in [0.1, 0.15) is 30.9 Å². The highest BCUT2D eigenvalue weighted by molar-refractivity contribution is 6.28. The van der Waals surface area contributed by atoms with Crippen molar-refractivity contribution in [3.8, 4) is 0 Å². The topological polar surface area (TPSA) is 36.6 Å². The molecular weight excluding hydrogens is 238 g/mol. The number of hydrogen-bond acceptors (Lipinski definition) is 3. The van der Waals surface area contributed by atoms with Gasteiger partial charge in [0.15, 0.2) is 5.22 Å². The second kappa shape index (κ2) is 4.30. The van der Waals surface area contributed by atoms with Gasteiger partial charge in [-0.05, 0) is 50.0 Å². The minimum Gasteiger partial charge on any atom is -0.449 e. The van der Waals surface area contributed by atoms with E-state index >= 15 is 0 Å². The third-order valence-corrected chi connectivity index (χ3v) is 4.81. The van der Waals surface area contributed by atoms with Gasteiger partial charge in [-0.15, -0.1) is 0 Å². The van der Waals surface area contributed by atoms with Gasteiger partial charge in [0.05, 0.1) is 0 Å². The lowest BCUT2D eigenvalue weighted by Crippen LogP contribution is -2.46. The summed E-state index contributed by atoms with van der Waals surface area (Å²) >= 11 is 5.85. The Morgan fingerprint density at radius 2 is 2.29 bits per heavy atom. The molecular formula is C13H18ClNO2. The Balaban J connectivity index is 1.90. The van der Waals surface area contributed by atoms with E-state index in [4.69, 9.17) is 16.0 Å². The highest BCUT2D eigenvalue weighted by atomic mass is 35.5. The van der Waals surface area contributed by atoms with Gasteiger partial charge in [0.25, 0.3) is 0 Å². The van der Waals surface area contributed by atoms with Crippen molar-refractivity contribution >= 4 is 11.6 Å². The number of rotatable bonds is 2. The molecule has 2 fully saturated rings. The van der Waals surface area contributed by atoms with Gasteiger partial charge >= 0.3 is 0 Å². The smallest absolute Gasteiger partial charge is 0.193 e. The van der Waals surface area contributed by atoms with Gasteiger partial charge in [-0.3, -0.25) is 0 Å². The molecule has 2 aliphatic heterocycles. The van der Waals surface area contributed by atoms with Gasteiger partial charge in [-0.2, -0.15) is 0 Å². The van der Waals surface area contributed by atoms with Crippen LogP contribution in [0.4, 0.5) is 0 Å². The number of piperidine rings is 1. The first kappa shape index (κ1) is 11.6. The summed E-state index contributed by atoms with van der Waals surface area (Å²) in [6.07, 6.45) is 3.50. The third kappa shape index (κ3) is 1.81. The zero-order valence-corrected chi connectivity index (χ0v) is 10.7. The molecule has 3 nitrogen and oxygen atoms in total. The average Bonchev–Trinajstić information content (AvgIpc) is 2.82. The summed E-state index contributed by atoms with van der Waals surface area (Å²) in [4.78, 5) is 2.43. The normalized spacial score (nSPS) is 37.6. The fourth-order valence-corrected chi connectivity index (χ4v) is 3.83. The largest absolute Gasteiger partial charge is 0.449 e. The van der Waals surface area contributed by atoms with E-state index in [1.807, 2.05) is 6.07 Å². The molecule has 0 aliphatic carbocycles. The molecule has 4 unspecified atom stereocenters. The van der Waals surface area contributed by atoms with Crippen LogP contribution < -0.4 is 0 Å². The highest BCUT2D eigenvalue weighted by Gasteiger charge is 2.46. The fourth-order valence-electron chi connectivity index (χ4n) is 3.68. The predicted molar refractivity (Wildman–Crippen MR) is 66.2 cm³/mol. The van der Waals surface area contributed by atoms with Gasteiger partial charge in [-0.1, -0.05) is 0 Å². The first-order valence-electron chi connectivity index (χ1n) is 6.28. The molecule has 17 heavy (non-hydrogen) atoms. The fraction of sp³-hybridized carbons (Fsp3) is 0.692. The van der Waals surface area contributed by atoms with Crippen molar-refractivity contribution in [3.63, 3.8) is 0 Å². The molecule has 0 aromatic carbocycles. The second-order valence-corrected chi connectivity index (χ2v) is 5.67. The molecule has 4 heteroatoms. The Hall–Kier alpha value is -0.510. The number of halogens is 1. The number of furan rings is 1. The monoisotopic (exact) mass is 255 g/mol. The first-order valence-corrected chi connectivity index (χ1v) is 6.66. The Morgan fingerprint density at radius 1 is 1.47 bits per heavy atom. The summed E-state index contributed by atoms with van der Waals surface area (Å²) < 4.78 is 5.55. The lowest BCUT2D eigenvalue weighted by Gasteiger charge is -2.41. The van der Waals surface area contributed by atoms with E-state index in [0.29, 0.717) is 23.2 Å². The van der Waals surface area contributed by atoms with Gasteiger partial charge in [0, 0.05) is 30.5 Å². The van der Waals surface area contributed by atoms with E-state index in [1.165, 1.54) is 12.8 Å². The van der Waals surface area contributed by atoms with Crippen LogP contribution in [0.2, 0.25) is 5.22 Å². The predicted octanol–water partition coefficient (Wildman–Crippen LogP) is 2.49. The van der Waals surface area contributed by atoms with Crippen LogP contribution in [0, 0.1) is 5.92 Å². The second-order valence-electron chi connectivity index (χ2n) is 5.29. The first-order chi connectivity index (χ1) is 8.20. The van der Waals surface area contributed by atoms with Crippen molar-refractivity contribution in [1.29, 1.82) is 0 Å². The molecule has 2 saturated heterocycles. The van der Waals surface area contributed by atoms with Crippen LogP contribution in [-0.2, 0) is 0 Å². The van der Waals surface area contributed by atoms with E-state index in [2.05, 4.69) is 11.9 Å². The van der Waals surface area contributed by atoms with Gasteiger partial charge in [0.2, 0.25) is 0 Å². The highest BCUT2D eigenvalue weighted by Crippen LogP contribution is 2.46. The van der Waals surface area contributed by atoms with Gasteiger partial charge in [0.1, 0.15) is 5.76 Å². The van der Waals surface area contributed by atoms with Crippen molar-refractivity contribution in [2.75, 3.05) is 13.7 Å². The number of nitrogens with zero attached hydrogens (tertiary/aromatic N) is 1. The molecule has 2 bridgehead atoms. The van der Waals surface area contributed by atoms with E-state index in [0.717, 1.165) is 12.2 Å². The van der Waals surface area contributed by atoms with E-state index in [1.54, 1.807) is 6.07 Å². The Bertz CT molecular complexity index is 406. The lowest BCUT2D eigenvalue weighted by atomic mass is 9.79. The number of hydrogen-bond donors (Lipinski definition) is 1. The number of fused-ring (bicyclic) bond motifs is 2. The molecule has 2 aliphatic rings. The molecule has 0 amide bonds. The minimum atomic E-state index is 0.227. The van der Waals surface area contributed by atoms with Crippen molar-refractivity contribution in [2.24, 2.45) is 5.92 Å². The van der Waals surface area contributed by atoms with Gasteiger partial charge in [-0.25, -0.2) is 0 Å². The lowest BCUT2D eigenvalue weighted by molar-refractivity contribution is 0.0526. The van der Waals surface area contributed by atoms with Crippen LogP contribution in [0.15, 0.2) is 16.5 Å². The minimum absolute atomic E-state index is 0.227. The van der Waals surface area contributed by atoms with Gasteiger partial charge < -0.3 is 14.4 Å². The van der Waals surface area contributed by atoms with E-state index in [9.17, 15) is 5.11 Å². The summed E-state index contributed by atoms with van der Waals surface area (Å²) in [6, 6.07) is 4.88. The average molecular weight is 256 g/mol. The summed E-state index contributed by atoms with van der Waals surface area (Å²) in [5, 5.41) is 10.1. The molecule has 94 valence electrons. The Morgan fingerprint density at radius 3 is 2.94 bits per heavy atom. The van der Waals surface area contributed by atoms with Crippen LogP contribution >= 0.6 is 11.6 Å². The Labute approximate surface area is 106 Å². The van der Waals surface area contributed by atoms with Crippen LogP contribution in [0.3, 0.4) is 0 Å². The maximum atomic E-state index is 9.67. The maximum Gasteiger partial charge on any atom is 0.193 e. The summed E-state index contributed by atoms with van der Waals surface area (Å²) in [5.41, 5.74) is 0. The van der Waals surface area contributed by atoms with Crippen LogP contribution in [0.5, 0.6) is 0 Å². The van der Waals surface area contributed by atoms with Crippen molar-refractivity contribution in [2.45, 2.75) is 37.3 Å². The van der Waals surface area contributed by atoms with Crippen LogP contribution in [-0.4, -0.2) is 35.7 Å². The van der Waals surface area contributed by atoms with Crippen molar-refractivity contribution in [1.82, 2.24) is 4.90 Å². The molecule has 3 heterocycles.